The Bertz CT molecular complexity index is 1700. The number of nitriles is 1. The number of carbonyl (C=O) groups excluding carboxylic acids is 2. The summed E-state index contributed by atoms with van der Waals surface area (Å²) < 4.78 is 50.2. The second-order valence-electron chi connectivity index (χ2n) is 10.9. The van der Waals surface area contributed by atoms with Gasteiger partial charge < -0.3 is 19.3 Å². The van der Waals surface area contributed by atoms with Crippen LogP contribution in [0.4, 0.5) is 18.9 Å². The van der Waals surface area contributed by atoms with Gasteiger partial charge in [-0.2, -0.15) is 18.4 Å². The van der Waals surface area contributed by atoms with Gasteiger partial charge in [-0.25, -0.2) is 14.7 Å². The number of methoxy groups -OCH3 is 1. The maximum absolute atomic E-state index is 14.2. The minimum atomic E-state index is -5.08. The molecule has 0 radical (unpaired) electrons. The molecule has 3 fully saturated rings. The molecule has 5 atom stereocenters. The number of halogens is 4. The number of rotatable bonds is 7. The number of imide groups is 1. The number of hydrogen-bond acceptors (Lipinski definition) is 8. The maximum atomic E-state index is 14.2. The predicted molar refractivity (Wildman–Crippen MR) is 153 cm³/mol. The molecule has 10 nitrogen and oxygen atoms in total. The summed E-state index contributed by atoms with van der Waals surface area (Å²) in [5, 5.41) is 18.6. The van der Waals surface area contributed by atoms with Crippen LogP contribution in [0.1, 0.15) is 31.7 Å². The van der Waals surface area contributed by atoms with Gasteiger partial charge in [-0.15, -0.1) is 0 Å². The lowest BCUT2D eigenvalue weighted by Crippen LogP contribution is -2.51. The predicted octanol–water partition coefficient (Wildman–Crippen LogP) is 5.30. The molecule has 2 amide bonds. The molecule has 0 unspecified atom stereocenters. The van der Waals surface area contributed by atoms with E-state index in [0.717, 1.165) is 0 Å². The zero-order chi connectivity index (χ0) is 32.7. The molecule has 236 valence electrons. The summed E-state index contributed by atoms with van der Waals surface area (Å²) in [6, 6.07) is 16.3. The number of nitrogens with zero attached hydrogens (tertiary/aromatic N) is 3. The molecule has 3 aliphatic heterocycles. The molecule has 3 aliphatic rings. The van der Waals surface area contributed by atoms with Gasteiger partial charge in [0, 0.05) is 43.0 Å². The third kappa shape index (κ3) is 5.37. The highest BCUT2D eigenvalue weighted by Crippen LogP contribution is 2.64. The van der Waals surface area contributed by atoms with E-state index in [1.165, 1.54) is 11.1 Å². The smallest absolute Gasteiger partial charge is 0.478 e. The number of carboxylic acid groups (broad SMARTS) is 1. The number of aliphatic carboxylic acids is 1. The van der Waals surface area contributed by atoms with Gasteiger partial charge in [0.25, 0.3) is 0 Å². The van der Waals surface area contributed by atoms with Crippen LogP contribution < -0.4 is 9.64 Å². The van der Waals surface area contributed by atoms with Gasteiger partial charge >= 0.3 is 12.1 Å². The van der Waals surface area contributed by atoms with Gasteiger partial charge in [-0.1, -0.05) is 42.8 Å². The second-order valence-corrected chi connectivity index (χ2v) is 11.3. The number of pyridine rings is 1. The first-order valence-corrected chi connectivity index (χ1v) is 14.3. The first-order chi connectivity index (χ1) is 21.3. The average molecular weight is 646 g/mol. The van der Waals surface area contributed by atoms with Gasteiger partial charge in [-0.05, 0) is 24.6 Å². The molecule has 6 rings (SSSR count). The van der Waals surface area contributed by atoms with Crippen LogP contribution in [-0.2, 0) is 23.9 Å². The number of anilines is 1. The Morgan fingerprint density at radius 2 is 1.82 bits per heavy atom. The average Bonchev–Trinajstić information content (AvgIpc) is 3.61. The number of benzene rings is 2. The third-order valence-corrected chi connectivity index (χ3v) is 8.91. The standard InChI is InChI=1S/C29H26ClN3O5.C2HF3O2/c1-3-29-22(36-2)14-28(38-29,12-13-37-23-11-9-18(30)16-32-23)24-25(29)27(35)33(26(24)34)21-10-8-17(15-31)19-6-4-5-7-20(19)21;3-2(4,5)1(6)7/h4-11,16,22,24-25H,3,12-14H2,1-2H3;(H,6,7)/t22-,24+,25-,28+,29-;/m0./s1. The van der Waals surface area contributed by atoms with Crippen molar-refractivity contribution in [3.63, 3.8) is 0 Å². The SMILES string of the molecule is CC[C@]12O[C@](CCOc3ccc(Cl)cn3)(C[C@@H]1OC)[C@H]1C(=O)N(c3ccc(C#N)c4ccccc34)C(=O)[C@H]12.O=C(O)C(F)(F)F. The molecule has 2 aromatic carbocycles. The highest BCUT2D eigenvalue weighted by molar-refractivity contribution is 6.30. The summed E-state index contributed by atoms with van der Waals surface area (Å²) in [5.74, 6) is -4.26. The van der Waals surface area contributed by atoms with Crippen LogP contribution in [0.3, 0.4) is 0 Å². The Morgan fingerprint density at radius 3 is 2.40 bits per heavy atom. The van der Waals surface area contributed by atoms with Gasteiger partial charge in [0.1, 0.15) is 5.60 Å². The molecule has 0 saturated carbocycles. The van der Waals surface area contributed by atoms with Crippen molar-refractivity contribution in [2.24, 2.45) is 11.8 Å². The fraction of sp³-hybridized carbons (Fsp3) is 0.387. The lowest BCUT2D eigenvalue weighted by atomic mass is 9.64. The van der Waals surface area contributed by atoms with E-state index in [9.17, 15) is 28.0 Å². The van der Waals surface area contributed by atoms with Gasteiger partial charge in [0.15, 0.2) is 0 Å². The minimum Gasteiger partial charge on any atom is -0.478 e. The highest BCUT2D eigenvalue weighted by atomic mass is 35.5. The van der Waals surface area contributed by atoms with Crippen molar-refractivity contribution in [3.8, 4) is 11.9 Å². The topological polar surface area (TPSA) is 139 Å². The van der Waals surface area contributed by atoms with E-state index in [-0.39, 0.29) is 24.5 Å². The monoisotopic (exact) mass is 645 g/mol. The first-order valence-electron chi connectivity index (χ1n) is 13.9. The first kappa shape index (κ1) is 32.2. The third-order valence-electron chi connectivity index (χ3n) is 8.69. The number of fused-ring (bicyclic) bond motifs is 6. The number of aromatic nitrogens is 1. The van der Waals surface area contributed by atoms with Crippen molar-refractivity contribution in [2.45, 2.75) is 49.7 Å². The Balaban J connectivity index is 0.000000515. The Kier molecular flexibility index (Phi) is 8.52. The zero-order valence-electron chi connectivity index (χ0n) is 24.0. The number of carbonyl (C=O) groups is 3. The Morgan fingerprint density at radius 1 is 1.16 bits per heavy atom. The van der Waals surface area contributed by atoms with E-state index >= 15 is 0 Å². The van der Waals surface area contributed by atoms with Crippen molar-refractivity contribution >= 4 is 45.8 Å². The number of hydrogen-bond donors (Lipinski definition) is 1. The maximum Gasteiger partial charge on any atom is 0.490 e. The second kappa shape index (κ2) is 11.9. The molecule has 1 N–H and O–H groups in total. The lowest BCUT2D eigenvalue weighted by molar-refractivity contribution is -0.192. The van der Waals surface area contributed by atoms with Crippen molar-refractivity contribution in [1.29, 1.82) is 5.26 Å². The molecule has 4 heterocycles. The van der Waals surface area contributed by atoms with Crippen LogP contribution in [0.5, 0.6) is 5.88 Å². The van der Waals surface area contributed by atoms with Crippen LogP contribution in [0.15, 0.2) is 54.7 Å². The number of alkyl halides is 3. The molecule has 0 aliphatic carbocycles. The van der Waals surface area contributed by atoms with E-state index in [1.54, 1.807) is 31.4 Å². The quantitative estimate of drug-likeness (QED) is 0.339. The van der Waals surface area contributed by atoms with E-state index in [1.807, 2.05) is 31.2 Å². The Labute approximate surface area is 260 Å². The lowest BCUT2D eigenvalue weighted by Gasteiger charge is -2.36. The van der Waals surface area contributed by atoms with E-state index in [0.29, 0.717) is 52.2 Å². The molecular formula is C31H27ClF3N3O7. The summed E-state index contributed by atoms with van der Waals surface area (Å²) in [7, 11) is 1.62. The molecule has 3 aromatic rings. The zero-order valence-corrected chi connectivity index (χ0v) is 24.8. The number of ether oxygens (including phenoxy) is 3. The van der Waals surface area contributed by atoms with Gasteiger partial charge in [-0.3, -0.25) is 9.59 Å². The summed E-state index contributed by atoms with van der Waals surface area (Å²) >= 11 is 5.93. The van der Waals surface area contributed by atoms with E-state index in [2.05, 4.69) is 11.1 Å². The van der Waals surface area contributed by atoms with Crippen molar-refractivity contribution in [1.82, 2.24) is 4.98 Å². The van der Waals surface area contributed by atoms with E-state index < -0.39 is 35.2 Å². The van der Waals surface area contributed by atoms with Crippen molar-refractivity contribution in [2.75, 3.05) is 18.6 Å². The molecule has 1 aromatic heterocycles. The molecule has 0 spiro atoms. The fourth-order valence-electron chi connectivity index (χ4n) is 6.82. The van der Waals surface area contributed by atoms with Gasteiger partial charge in [0.05, 0.1) is 52.5 Å². The molecule has 3 saturated heterocycles. The summed E-state index contributed by atoms with van der Waals surface area (Å²) in [6.45, 7) is 2.21. The molecule has 2 bridgehead atoms. The van der Waals surface area contributed by atoms with E-state index in [4.69, 9.17) is 35.7 Å². The van der Waals surface area contributed by atoms with Crippen LogP contribution in [0, 0.1) is 23.2 Å². The normalized spacial score (nSPS) is 26.8. The minimum absolute atomic E-state index is 0.245. The highest BCUT2D eigenvalue weighted by Gasteiger charge is 2.78. The fourth-order valence-corrected chi connectivity index (χ4v) is 6.93. The Hall–Kier alpha value is -4.25. The van der Waals surface area contributed by atoms with Gasteiger partial charge in [0.2, 0.25) is 17.7 Å². The molecular weight excluding hydrogens is 619 g/mol. The summed E-state index contributed by atoms with van der Waals surface area (Å²) in [5.41, 5.74) is -0.860. The summed E-state index contributed by atoms with van der Waals surface area (Å²) in [6.07, 6.45) is -2.52. The van der Waals surface area contributed by atoms with Crippen molar-refractivity contribution < 1.29 is 46.9 Å². The number of amides is 2. The number of carboxylic acids is 1. The molecule has 45 heavy (non-hydrogen) atoms. The van der Waals surface area contributed by atoms with Crippen LogP contribution >= 0.6 is 11.6 Å². The molecule has 14 heteroatoms. The largest absolute Gasteiger partial charge is 0.490 e. The van der Waals surface area contributed by atoms with Crippen molar-refractivity contribution in [3.05, 3.63) is 65.3 Å². The summed E-state index contributed by atoms with van der Waals surface area (Å²) in [4.78, 5) is 42.7. The van der Waals surface area contributed by atoms with Crippen LogP contribution in [0.2, 0.25) is 5.02 Å². The van der Waals surface area contributed by atoms with Crippen LogP contribution in [-0.4, -0.2) is 65.1 Å². The van der Waals surface area contributed by atoms with Crippen LogP contribution in [0.25, 0.3) is 10.8 Å².